The molecule has 3 aliphatic heterocycles. The number of alkyl halides is 1. The molecule has 0 aliphatic carbocycles. The van der Waals surface area contributed by atoms with E-state index in [4.69, 9.17) is 4.74 Å². The summed E-state index contributed by atoms with van der Waals surface area (Å²) in [7, 11) is 0. The van der Waals surface area contributed by atoms with Gasteiger partial charge in [-0.15, -0.1) is 0 Å². The summed E-state index contributed by atoms with van der Waals surface area (Å²) in [6.45, 7) is 4.73. The van der Waals surface area contributed by atoms with Crippen LogP contribution in [-0.2, 0) is 9.53 Å². The van der Waals surface area contributed by atoms with Crippen molar-refractivity contribution in [3.05, 3.63) is 0 Å². The van der Waals surface area contributed by atoms with Crippen LogP contribution in [-0.4, -0.2) is 56.4 Å². The molecule has 0 radical (unpaired) electrons. The van der Waals surface area contributed by atoms with Crippen molar-refractivity contribution in [1.82, 2.24) is 10.2 Å². The molecule has 5 heteroatoms. The average molecular weight is 270 g/mol. The summed E-state index contributed by atoms with van der Waals surface area (Å²) in [4.78, 5) is 14.1. The zero-order chi connectivity index (χ0) is 13.2. The van der Waals surface area contributed by atoms with Gasteiger partial charge in [0.25, 0.3) is 0 Å². The molecule has 3 fully saturated rings. The largest absolute Gasteiger partial charge is 0.381 e. The molecule has 3 saturated heterocycles. The summed E-state index contributed by atoms with van der Waals surface area (Å²) < 4.78 is 18.7. The zero-order valence-electron chi connectivity index (χ0n) is 11.3. The summed E-state index contributed by atoms with van der Waals surface area (Å²) in [6, 6.07) is 0. The van der Waals surface area contributed by atoms with Crippen molar-refractivity contribution < 1.29 is 13.9 Å². The molecule has 0 bridgehead atoms. The second-order valence-corrected chi connectivity index (χ2v) is 6.14. The lowest BCUT2D eigenvalue weighted by Crippen LogP contribution is -2.43. The number of hydrogen-bond donors (Lipinski definition) is 1. The van der Waals surface area contributed by atoms with E-state index >= 15 is 0 Å². The molecule has 108 valence electrons. The molecule has 0 aromatic rings. The first kappa shape index (κ1) is 13.3. The number of rotatable bonds is 2. The Morgan fingerprint density at radius 1 is 1.26 bits per heavy atom. The van der Waals surface area contributed by atoms with Gasteiger partial charge in [0, 0.05) is 26.1 Å². The van der Waals surface area contributed by atoms with Gasteiger partial charge in [-0.25, -0.2) is 4.39 Å². The highest BCUT2D eigenvalue weighted by Gasteiger charge is 2.38. The van der Waals surface area contributed by atoms with Crippen molar-refractivity contribution in [2.75, 3.05) is 39.4 Å². The minimum Gasteiger partial charge on any atom is -0.381 e. The number of fused-ring (bicyclic) bond motifs is 1. The number of likely N-dealkylation sites (tertiary alicyclic amines) is 1. The first-order valence-corrected chi connectivity index (χ1v) is 7.44. The van der Waals surface area contributed by atoms with Gasteiger partial charge in [0.15, 0.2) is 0 Å². The van der Waals surface area contributed by atoms with E-state index in [0.717, 1.165) is 19.7 Å². The summed E-state index contributed by atoms with van der Waals surface area (Å²) in [5.41, 5.74) is 0. The van der Waals surface area contributed by atoms with Crippen molar-refractivity contribution in [2.24, 2.45) is 17.8 Å². The van der Waals surface area contributed by atoms with Gasteiger partial charge >= 0.3 is 0 Å². The third kappa shape index (κ3) is 2.92. The highest BCUT2D eigenvalue weighted by Crippen LogP contribution is 2.32. The van der Waals surface area contributed by atoms with Crippen molar-refractivity contribution in [1.29, 1.82) is 0 Å². The number of carbonyl (C=O) groups excluding carboxylic acids is 1. The van der Waals surface area contributed by atoms with Crippen LogP contribution >= 0.6 is 0 Å². The highest BCUT2D eigenvalue weighted by atomic mass is 19.1. The Kier molecular flexibility index (Phi) is 4.03. The molecule has 0 spiro atoms. The predicted molar refractivity (Wildman–Crippen MR) is 69.5 cm³/mol. The number of ether oxygens (including phenoxy) is 1. The van der Waals surface area contributed by atoms with Crippen LogP contribution in [0.2, 0.25) is 0 Å². The number of piperidine rings is 1. The Bertz CT molecular complexity index is 331. The van der Waals surface area contributed by atoms with Crippen molar-refractivity contribution in [2.45, 2.75) is 25.4 Å². The van der Waals surface area contributed by atoms with E-state index in [2.05, 4.69) is 5.32 Å². The normalized spacial score (nSPS) is 36.3. The SMILES string of the molecule is O=C(C[C@@H]1COC[C@H]2CNC[C@H]21)N1CCC(F)CC1. The summed E-state index contributed by atoms with van der Waals surface area (Å²) in [5, 5.41) is 3.40. The van der Waals surface area contributed by atoms with Crippen LogP contribution in [0.4, 0.5) is 4.39 Å². The van der Waals surface area contributed by atoms with Crippen molar-refractivity contribution in [3.63, 3.8) is 0 Å². The molecular formula is C14H23FN2O2. The Morgan fingerprint density at radius 2 is 2.05 bits per heavy atom. The van der Waals surface area contributed by atoms with Crippen LogP contribution in [0.1, 0.15) is 19.3 Å². The fraction of sp³-hybridized carbons (Fsp3) is 0.929. The summed E-state index contributed by atoms with van der Waals surface area (Å²) in [5.74, 6) is 1.68. The van der Waals surface area contributed by atoms with E-state index in [-0.39, 0.29) is 5.91 Å². The van der Waals surface area contributed by atoms with Crippen LogP contribution in [0.25, 0.3) is 0 Å². The van der Waals surface area contributed by atoms with Crippen LogP contribution in [0.5, 0.6) is 0 Å². The maximum absolute atomic E-state index is 13.1. The molecule has 3 aliphatic rings. The predicted octanol–water partition coefficient (Wildman–Crippen LogP) is 0.819. The minimum atomic E-state index is -0.717. The monoisotopic (exact) mass is 270 g/mol. The van der Waals surface area contributed by atoms with Gasteiger partial charge in [-0.3, -0.25) is 4.79 Å². The molecule has 3 atom stereocenters. The highest BCUT2D eigenvalue weighted by molar-refractivity contribution is 5.76. The van der Waals surface area contributed by atoms with Crippen LogP contribution in [0.15, 0.2) is 0 Å². The first-order valence-electron chi connectivity index (χ1n) is 7.44. The van der Waals surface area contributed by atoms with Crippen molar-refractivity contribution in [3.8, 4) is 0 Å². The lowest BCUT2D eigenvalue weighted by molar-refractivity contribution is -0.136. The molecule has 0 unspecified atom stereocenters. The Balaban J connectivity index is 1.54. The zero-order valence-corrected chi connectivity index (χ0v) is 11.3. The van der Waals surface area contributed by atoms with E-state index in [1.807, 2.05) is 4.90 Å². The first-order chi connectivity index (χ1) is 9.24. The van der Waals surface area contributed by atoms with Crippen LogP contribution in [0.3, 0.4) is 0 Å². The lowest BCUT2D eigenvalue weighted by atomic mass is 9.80. The molecule has 3 rings (SSSR count). The molecule has 19 heavy (non-hydrogen) atoms. The minimum absolute atomic E-state index is 0.188. The fourth-order valence-corrected chi connectivity index (χ4v) is 3.64. The molecule has 1 amide bonds. The van der Waals surface area contributed by atoms with E-state index in [9.17, 15) is 9.18 Å². The van der Waals surface area contributed by atoms with Gasteiger partial charge < -0.3 is 15.0 Å². The number of amides is 1. The molecule has 0 aromatic heterocycles. The Hall–Kier alpha value is -0.680. The molecule has 0 saturated carbocycles. The van der Waals surface area contributed by atoms with Crippen LogP contribution < -0.4 is 5.32 Å². The van der Waals surface area contributed by atoms with Gasteiger partial charge in [0.2, 0.25) is 5.91 Å². The quantitative estimate of drug-likeness (QED) is 0.808. The topological polar surface area (TPSA) is 41.6 Å². The standard InChI is InChI=1S/C14H23FN2O2/c15-12-1-3-17(4-2-12)14(18)5-10-8-19-9-11-6-16-7-13(10)11/h10-13,16H,1-9H2/t10-,11-,13+/m1/s1. The van der Waals surface area contributed by atoms with Gasteiger partial charge in [0.05, 0.1) is 13.2 Å². The number of carbonyl (C=O) groups is 1. The van der Waals surface area contributed by atoms with Gasteiger partial charge in [-0.1, -0.05) is 0 Å². The Labute approximate surface area is 113 Å². The van der Waals surface area contributed by atoms with Gasteiger partial charge in [0.1, 0.15) is 6.17 Å². The molecule has 4 nitrogen and oxygen atoms in total. The van der Waals surface area contributed by atoms with Crippen LogP contribution in [0, 0.1) is 17.8 Å². The smallest absolute Gasteiger partial charge is 0.222 e. The van der Waals surface area contributed by atoms with Gasteiger partial charge in [-0.2, -0.15) is 0 Å². The van der Waals surface area contributed by atoms with Gasteiger partial charge in [-0.05, 0) is 37.1 Å². The number of halogens is 1. The lowest BCUT2D eigenvalue weighted by Gasteiger charge is -2.35. The molecule has 0 aromatic carbocycles. The van der Waals surface area contributed by atoms with Crippen molar-refractivity contribution >= 4 is 5.91 Å². The third-order valence-corrected chi connectivity index (χ3v) is 4.88. The Morgan fingerprint density at radius 3 is 2.84 bits per heavy atom. The van der Waals surface area contributed by atoms with E-state index in [0.29, 0.717) is 56.7 Å². The van der Waals surface area contributed by atoms with E-state index < -0.39 is 6.17 Å². The number of nitrogens with zero attached hydrogens (tertiary/aromatic N) is 1. The second-order valence-electron chi connectivity index (χ2n) is 6.14. The maximum Gasteiger partial charge on any atom is 0.222 e. The summed E-state index contributed by atoms with van der Waals surface area (Å²) in [6.07, 6.45) is 0.853. The number of hydrogen-bond acceptors (Lipinski definition) is 3. The van der Waals surface area contributed by atoms with E-state index in [1.165, 1.54) is 0 Å². The number of nitrogens with one attached hydrogen (secondary N) is 1. The summed E-state index contributed by atoms with van der Waals surface area (Å²) >= 11 is 0. The third-order valence-electron chi connectivity index (χ3n) is 4.88. The molecule has 3 heterocycles. The fourth-order valence-electron chi connectivity index (χ4n) is 3.64. The van der Waals surface area contributed by atoms with E-state index in [1.54, 1.807) is 0 Å². The second kappa shape index (κ2) is 5.75. The maximum atomic E-state index is 13.1. The average Bonchev–Trinajstić information content (AvgIpc) is 2.89. The molecule has 1 N–H and O–H groups in total. The molecular weight excluding hydrogens is 247 g/mol.